The average Bonchev–Trinajstić information content (AvgIpc) is 2.68. The van der Waals surface area contributed by atoms with E-state index < -0.39 is 21.4 Å². The van der Waals surface area contributed by atoms with E-state index in [1.807, 2.05) is 18.2 Å². The molecule has 0 fully saturated rings. The number of hydrogen-bond acceptors (Lipinski definition) is 0. The molecule has 0 saturated carbocycles. The van der Waals surface area contributed by atoms with Crippen LogP contribution in [0.15, 0.2) is 92.5 Å². The Morgan fingerprint density at radius 2 is 0.840 bits per heavy atom. The van der Waals surface area contributed by atoms with Crippen LogP contribution in [0.3, 0.4) is 0 Å². The van der Waals surface area contributed by atoms with E-state index in [4.69, 9.17) is 0 Å². The first kappa shape index (κ1) is 17.6. The van der Waals surface area contributed by atoms with E-state index in [0.29, 0.717) is 0 Å². The van der Waals surface area contributed by atoms with Crippen LogP contribution in [0.2, 0.25) is 0 Å². The molecule has 0 N–H and O–H groups in total. The predicted molar refractivity (Wildman–Crippen MR) is 114 cm³/mol. The van der Waals surface area contributed by atoms with E-state index in [1.165, 1.54) is 26.7 Å². The van der Waals surface area contributed by atoms with Crippen LogP contribution >= 0.6 is 0 Å². The van der Waals surface area contributed by atoms with E-state index in [2.05, 4.69) is 92.5 Å². The van der Waals surface area contributed by atoms with Crippen LogP contribution < -0.4 is 9.96 Å². The van der Waals surface area contributed by atoms with Crippen LogP contribution in [0, 0.1) is 0 Å². The summed E-state index contributed by atoms with van der Waals surface area (Å²) in [6.45, 7) is 11.8. The van der Waals surface area contributed by atoms with Crippen molar-refractivity contribution >= 4 is 49.6 Å². The van der Waals surface area contributed by atoms with Gasteiger partial charge in [-0.2, -0.15) is 0 Å². The zero-order chi connectivity index (χ0) is 17.6. The summed E-state index contributed by atoms with van der Waals surface area (Å²) >= 11 is -2.46. The monoisotopic (exact) mass is 424 g/mol. The summed E-state index contributed by atoms with van der Waals surface area (Å²) in [6.07, 6.45) is 5.77. The number of rotatable bonds is 6. The Hall–Kier alpha value is -2.25. The topological polar surface area (TPSA) is 0 Å². The molecule has 0 aromatic heterocycles. The van der Waals surface area contributed by atoms with Crippen LogP contribution in [0.4, 0.5) is 0 Å². The Kier molecular flexibility index (Phi) is 5.78. The SMILES string of the molecule is C=Cc1ccc[c]([In]([c]2cccc(C=C)c2)[c]2cccc(C=C)c2)c1. The molecule has 0 aliphatic rings. The second-order valence-corrected chi connectivity index (χ2v) is 14.2. The van der Waals surface area contributed by atoms with E-state index in [9.17, 15) is 0 Å². The Labute approximate surface area is 158 Å². The first-order valence-electron chi connectivity index (χ1n) is 8.42. The molecule has 0 spiro atoms. The maximum absolute atomic E-state index is 3.93. The maximum atomic E-state index is 3.93. The van der Waals surface area contributed by atoms with Gasteiger partial charge in [-0.1, -0.05) is 0 Å². The number of hydrogen-bond donors (Lipinski definition) is 0. The predicted octanol–water partition coefficient (Wildman–Crippen LogP) is 4.13. The Bertz CT molecular complexity index is 798. The molecule has 0 nitrogen and oxygen atoms in total. The Morgan fingerprint density at radius 3 is 1.12 bits per heavy atom. The molecule has 0 saturated heterocycles. The van der Waals surface area contributed by atoms with Gasteiger partial charge in [-0.3, -0.25) is 0 Å². The Balaban J connectivity index is 2.20. The van der Waals surface area contributed by atoms with Gasteiger partial charge in [-0.15, -0.1) is 0 Å². The third-order valence-electron chi connectivity index (χ3n) is 4.44. The molecule has 120 valence electrons. The summed E-state index contributed by atoms with van der Waals surface area (Å²) in [5.74, 6) is 0. The van der Waals surface area contributed by atoms with Crippen LogP contribution in [0.1, 0.15) is 16.7 Å². The fourth-order valence-corrected chi connectivity index (χ4v) is 12.1. The van der Waals surface area contributed by atoms with Crippen molar-refractivity contribution in [1.82, 2.24) is 0 Å². The van der Waals surface area contributed by atoms with E-state index >= 15 is 0 Å². The van der Waals surface area contributed by atoms with Gasteiger partial charge in [-0.25, -0.2) is 0 Å². The van der Waals surface area contributed by atoms with Gasteiger partial charge in [0.25, 0.3) is 0 Å². The molecule has 0 unspecified atom stereocenters. The summed E-state index contributed by atoms with van der Waals surface area (Å²) < 4.78 is 4.38. The standard InChI is InChI=1S/3C8H7.In/c3*1-2-8-6-4-3-5-7-8;/h3*2-4,6-7H,1H2;. The van der Waals surface area contributed by atoms with Gasteiger partial charge < -0.3 is 0 Å². The average molecular weight is 424 g/mol. The third kappa shape index (κ3) is 4.05. The first-order chi connectivity index (χ1) is 12.2. The molecule has 3 aromatic carbocycles. The summed E-state index contributed by atoms with van der Waals surface area (Å²) in [6, 6.07) is 26.5. The minimum absolute atomic E-state index is 1.18. The van der Waals surface area contributed by atoms with Crippen molar-refractivity contribution in [2.24, 2.45) is 0 Å². The third-order valence-corrected chi connectivity index (χ3v) is 13.2. The first-order valence-corrected chi connectivity index (χ1v) is 13.4. The number of benzene rings is 3. The fraction of sp³-hybridized carbons (Fsp3) is 0. The molecule has 0 aliphatic carbocycles. The van der Waals surface area contributed by atoms with Crippen LogP contribution in [0.25, 0.3) is 18.2 Å². The minimum atomic E-state index is -2.46. The van der Waals surface area contributed by atoms with Gasteiger partial charge in [0.2, 0.25) is 0 Å². The van der Waals surface area contributed by atoms with Crippen molar-refractivity contribution in [1.29, 1.82) is 0 Å². The zero-order valence-corrected chi connectivity index (χ0v) is 17.7. The van der Waals surface area contributed by atoms with Gasteiger partial charge in [0.05, 0.1) is 0 Å². The molecule has 0 bridgehead atoms. The van der Waals surface area contributed by atoms with Crippen LogP contribution in [-0.2, 0) is 0 Å². The van der Waals surface area contributed by atoms with Crippen LogP contribution in [-0.4, -0.2) is 21.4 Å². The Morgan fingerprint density at radius 1 is 0.520 bits per heavy atom. The van der Waals surface area contributed by atoms with Gasteiger partial charge in [0, 0.05) is 0 Å². The molecular formula is C24H21In. The molecule has 0 amide bonds. The van der Waals surface area contributed by atoms with Gasteiger partial charge >= 0.3 is 159 Å². The van der Waals surface area contributed by atoms with Crippen molar-refractivity contribution in [2.45, 2.75) is 0 Å². The molecule has 3 aromatic rings. The zero-order valence-electron chi connectivity index (χ0n) is 14.4. The summed E-state index contributed by atoms with van der Waals surface area (Å²) in [4.78, 5) is 0. The fourth-order valence-electron chi connectivity index (χ4n) is 3.17. The summed E-state index contributed by atoms with van der Waals surface area (Å²) in [7, 11) is 0. The second-order valence-electron chi connectivity index (χ2n) is 6.06. The van der Waals surface area contributed by atoms with E-state index in [0.717, 1.165) is 0 Å². The second kappa shape index (κ2) is 8.22. The normalized spacial score (nSPS) is 10.1. The summed E-state index contributed by atoms with van der Waals surface area (Å²) in [5.41, 5.74) is 3.54. The van der Waals surface area contributed by atoms with Crippen molar-refractivity contribution < 1.29 is 0 Å². The molecule has 0 aliphatic heterocycles. The molecule has 1 heteroatoms. The van der Waals surface area contributed by atoms with Gasteiger partial charge in [-0.05, 0) is 0 Å². The van der Waals surface area contributed by atoms with Gasteiger partial charge in [0.1, 0.15) is 0 Å². The van der Waals surface area contributed by atoms with E-state index in [-0.39, 0.29) is 0 Å². The molecule has 0 radical (unpaired) electrons. The molecule has 0 heterocycles. The van der Waals surface area contributed by atoms with Crippen LogP contribution in [0.5, 0.6) is 0 Å². The molecular weight excluding hydrogens is 403 g/mol. The summed E-state index contributed by atoms with van der Waals surface area (Å²) in [5, 5.41) is 0. The molecule has 25 heavy (non-hydrogen) atoms. The van der Waals surface area contributed by atoms with Crippen molar-refractivity contribution in [3.63, 3.8) is 0 Å². The van der Waals surface area contributed by atoms with Crippen molar-refractivity contribution in [2.75, 3.05) is 0 Å². The van der Waals surface area contributed by atoms with Crippen molar-refractivity contribution in [3.05, 3.63) is 109 Å². The van der Waals surface area contributed by atoms with E-state index in [1.54, 1.807) is 0 Å². The van der Waals surface area contributed by atoms with Gasteiger partial charge in [0.15, 0.2) is 0 Å². The van der Waals surface area contributed by atoms with Crippen molar-refractivity contribution in [3.8, 4) is 0 Å². The molecule has 0 atom stereocenters. The quantitative estimate of drug-likeness (QED) is 0.559. The molecule has 3 rings (SSSR count).